The third-order valence-corrected chi connectivity index (χ3v) is 4.42. The fourth-order valence-electron chi connectivity index (χ4n) is 2.33. The highest BCUT2D eigenvalue weighted by Crippen LogP contribution is 2.33. The van der Waals surface area contributed by atoms with Crippen molar-refractivity contribution in [3.05, 3.63) is 58.3 Å². The lowest BCUT2D eigenvalue weighted by Crippen LogP contribution is -2.27. The molecule has 0 spiro atoms. The maximum Gasteiger partial charge on any atom is 0.258 e. The summed E-state index contributed by atoms with van der Waals surface area (Å²) < 4.78 is 0. The minimum atomic E-state index is -0.160. The first-order valence-electron chi connectivity index (χ1n) is 6.34. The number of hydrazone groups is 1. The van der Waals surface area contributed by atoms with E-state index < -0.39 is 0 Å². The maximum atomic E-state index is 12.0. The molecule has 2 aromatic rings. The summed E-state index contributed by atoms with van der Waals surface area (Å²) in [5.41, 5.74) is 2.04. The molecule has 1 aliphatic heterocycles. The summed E-state index contributed by atoms with van der Waals surface area (Å²) in [7, 11) is 0. The Kier molecular flexibility index (Phi) is 3.85. The number of halogens is 1. The van der Waals surface area contributed by atoms with Gasteiger partial charge >= 0.3 is 0 Å². The highest BCUT2D eigenvalue weighted by molar-refractivity contribution is 7.12. The van der Waals surface area contributed by atoms with Gasteiger partial charge in [-0.1, -0.05) is 36.4 Å². The summed E-state index contributed by atoms with van der Waals surface area (Å²) in [6, 6.07) is 13.9. The lowest BCUT2D eigenvalue weighted by molar-refractivity contribution is -0.130. The maximum absolute atomic E-state index is 12.0. The van der Waals surface area contributed by atoms with Crippen molar-refractivity contribution in [3.8, 4) is 0 Å². The Morgan fingerprint density at radius 2 is 2.10 bits per heavy atom. The molecule has 0 saturated carbocycles. The molecule has 1 aromatic carbocycles. The number of carbonyl (C=O) groups excluding carboxylic acids is 1. The van der Waals surface area contributed by atoms with E-state index in [9.17, 15) is 4.79 Å². The van der Waals surface area contributed by atoms with Crippen molar-refractivity contribution in [2.75, 3.05) is 5.88 Å². The molecule has 0 saturated heterocycles. The van der Waals surface area contributed by atoms with Crippen LogP contribution in [0.4, 0.5) is 0 Å². The predicted molar refractivity (Wildman–Crippen MR) is 82.2 cm³/mol. The number of hydrogen-bond acceptors (Lipinski definition) is 3. The van der Waals surface area contributed by atoms with E-state index in [0.29, 0.717) is 0 Å². The first-order valence-corrected chi connectivity index (χ1v) is 7.75. The van der Waals surface area contributed by atoms with Crippen LogP contribution < -0.4 is 0 Å². The van der Waals surface area contributed by atoms with Gasteiger partial charge < -0.3 is 0 Å². The molecule has 0 fully saturated rings. The van der Waals surface area contributed by atoms with Crippen LogP contribution in [0.1, 0.15) is 22.9 Å². The summed E-state index contributed by atoms with van der Waals surface area (Å²) in [5.74, 6) is -0.211. The van der Waals surface area contributed by atoms with Crippen molar-refractivity contribution in [1.29, 1.82) is 0 Å². The molecule has 5 heteroatoms. The van der Waals surface area contributed by atoms with Crippen LogP contribution in [-0.2, 0) is 4.79 Å². The Bertz CT molecular complexity index is 625. The number of amides is 1. The highest BCUT2D eigenvalue weighted by atomic mass is 35.5. The van der Waals surface area contributed by atoms with E-state index in [2.05, 4.69) is 5.10 Å². The molecule has 1 aromatic heterocycles. The average molecular weight is 305 g/mol. The van der Waals surface area contributed by atoms with Crippen molar-refractivity contribution >= 4 is 34.6 Å². The van der Waals surface area contributed by atoms with Crippen LogP contribution >= 0.6 is 22.9 Å². The lowest BCUT2D eigenvalue weighted by Gasteiger charge is -2.20. The van der Waals surface area contributed by atoms with Crippen LogP contribution in [0.5, 0.6) is 0 Å². The zero-order chi connectivity index (χ0) is 13.9. The molecule has 1 atom stereocenters. The largest absolute Gasteiger partial charge is 0.272 e. The van der Waals surface area contributed by atoms with E-state index in [1.54, 1.807) is 11.3 Å². The number of rotatable bonds is 3. The van der Waals surface area contributed by atoms with Gasteiger partial charge in [0.2, 0.25) is 0 Å². The molecule has 0 bridgehead atoms. The van der Waals surface area contributed by atoms with Gasteiger partial charge in [0.1, 0.15) is 5.88 Å². The van der Waals surface area contributed by atoms with Crippen LogP contribution in [0.3, 0.4) is 0 Å². The average Bonchev–Trinajstić information content (AvgIpc) is 3.16. The van der Waals surface area contributed by atoms with Gasteiger partial charge in [0.05, 0.1) is 16.6 Å². The van der Waals surface area contributed by atoms with Gasteiger partial charge in [0, 0.05) is 6.42 Å². The number of hydrogen-bond donors (Lipinski definition) is 0. The summed E-state index contributed by atoms with van der Waals surface area (Å²) in [6.07, 6.45) is 0.729. The molecular formula is C15H13ClN2OS. The van der Waals surface area contributed by atoms with Gasteiger partial charge in [0.15, 0.2) is 0 Å². The van der Waals surface area contributed by atoms with Gasteiger partial charge in [-0.15, -0.1) is 22.9 Å². The zero-order valence-corrected chi connectivity index (χ0v) is 12.3. The van der Waals surface area contributed by atoms with Gasteiger partial charge in [-0.2, -0.15) is 5.10 Å². The van der Waals surface area contributed by atoms with Gasteiger partial charge in [0.25, 0.3) is 5.91 Å². The quantitative estimate of drug-likeness (QED) is 0.796. The zero-order valence-electron chi connectivity index (χ0n) is 10.7. The molecule has 3 rings (SSSR count). The summed E-state index contributed by atoms with van der Waals surface area (Å²) in [6.45, 7) is 0. The van der Waals surface area contributed by atoms with E-state index in [1.165, 1.54) is 5.01 Å². The van der Waals surface area contributed by atoms with Crippen LogP contribution in [0, 0.1) is 0 Å². The molecule has 2 heterocycles. The first kappa shape index (κ1) is 13.3. The van der Waals surface area contributed by atoms with Crippen LogP contribution in [-0.4, -0.2) is 22.5 Å². The van der Waals surface area contributed by atoms with Crippen LogP contribution in [0.15, 0.2) is 52.9 Å². The second-order valence-electron chi connectivity index (χ2n) is 4.53. The summed E-state index contributed by atoms with van der Waals surface area (Å²) in [4.78, 5) is 13.1. The van der Waals surface area contributed by atoms with E-state index in [0.717, 1.165) is 22.6 Å². The predicted octanol–water partition coefficient (Wildman–Crippen LogP) is 3.66. The fourth-order valence-corrected chi connectivity index (χ4v) is 3.17. The third-order valence-electron chi connectivity index (χ3n) is 3.27. The Balaban J connectivity index is 1.94. The second-order valence-corrected chi connectivity index (χ2v) is 5.74. The standard InChI is InChI=1S/C15H13ClN2OS/c16-10-15(19)18-13(11-5-2-1-3-6-11)9-12(17-18)14-7-4-8-20-14/h1-8,13H,9-10H2. The van der Waals surface area contributed by atoms with E-state index in [-0.39, 0.29) is 17.8 Å². The molecule has 1 amide bonds. The minimum absolute atomic E-state index is 0.0510. The number of carbonyl (C=O) groups is 1. The molecule has 102 valence electrons. The highest BCUT2D eigenvalue weighted by Gasteiger charge is 2.32. The number of alkyl halides is 1. The van der Waals surface area contributed by atoms with Crippen LogP contribution in [0.25, 0.3) is 0 Å². The molecule has 20 heavy (non-hydrogen) atoms. The Morgan fingerprint density at radius 3 is 2.75 bits per heavy atom. The van der Waals surface area contributed by atoms with E-state index in [4.69, 9.17) is 11.6 Å². The van der Waals surface area contributed by atoms with Gasteiger partial charge in [-0.25, -0.2) is 5.01 Å². The molecule has 0 aliphatic carbocycles. The molecule has 0 radical (unpaired) electrons. The molecule has 1 aliphatic rings. The van der Waals surface area contributed by atoms with E-state index in [1.807, 2.05) is 47.8 Å². The van der Waals surface area contributed by atoms with Gasteiger partial charge in [-0.05, 0) is 17.0 Å². The smallest absolute Gasteiger partial charge is 0.258 e. The van der Waals surface area contributed by atoms with Crippen molar-refractivity contribution < 1.29 is 4.79 Å². The van der Waals surface area contributed by atoms with Crippen LogP contribution in [0.2, 0.25) is 0 Å². The van der Waals surface area contributed by atoms with Crippen molar-refractivity contribution in [3.63, 3.8) is 0 Å². The van der Waals surface area contributed by atoms with E-state index >= 15 is 0 Å². The Hall–Kier alpha value is -1.65. The monoisotopic (exact) mass is 304 g/mol. The fraction of sp³-hybridized carbons (Fsp3) is 0.200. The molecule has 3 nitrogen and oxygen atoms in total. The molecule has 1 unspecified atom stereocenters. The summed E-state index contributed by atoms with van der Waals surface area (Å²) in [5, 5.41) is 8.03. The second kappa shape index (κ2) is 5.77. The third kappa shape index (κ3) is 2.49. The Labute approximate surface area is 126 Å². The van der Waals surface area contributed by atoms with Crippen molar-refractivity contribution in [2.24, 2.45) is 5.10 Å². The first-order chi connectivity index (χ1) is 9.79. The summed E-state index contributed by atoms with van der Waals surface area (Å²) >= 11 is 7.34. The van der Waals surface area contributed by atoms with Gasteiger partial charge in [-0.3, -0.25) is 4.79 Å². The SMILES string of the molecule is O=C(CCl)N1N=C(c2cccs2)CC1c1ccccc1. The number of thiophene rings is 1. The topological polar surface area (TPSA) is 32.7 Å². The molecule has 0 N–H and O–H groups in total. The minimum Gasteiger partial charge on any atom is -0.272 e. The number of nitrogens with zero attached hydrogens (tertiary/aromatic N) is 2. The number of benzene rings is 1. The van der Waals surface area contributed by atoms with Crippen molar-refractivity contribution in [2.45, 2.75) is 12.5 Å². The lowest BCUT2D eigenvalue weighted by atomic mass is 10.0. The Morgan fingerprint density at radius 1 is 1.30 bits per heavy atom. The molecular weight excluding hydrogens is 292 g/mol. The normalized spacial score (nSPS) is 18.1. The van der Waals surface area contributed by atoms with Crippen molar-refractivity contribution in [1.82, 2.24) is 5.01 Å².